The van der Waals surface area contributed by atoms with Gasteiger partial charge in [-0.3, -0.25) is 14.4 Å². The van der Waals surface area contributed by atoms with E-state index in [4.69, 9.17) is 14.2 Å². The topological polar surface area (TPSA) is 78.9 Å². The van der Waals surface area contributed by atoms with Gasteiger partial charge in [0, 0.05) is 19.3 Å². The van der Waals surface area contributed by atoms with Crippen LogP contribution in [-0.4, -0.2) is 37.2 Å². The second-order valence-electron chi connectivity index (χ2n) is 17.4. The Morgan fingerprint density at radius 1 is 0.318 bits per heavy atom. The highest BCUT2D eigenvalue weighted by atomic mass is 16.6. The summed E-state index contributed by atoms with van der Waals surface area (Å²) in [7, 11) is 0. The average Bonchev–Trinajstić information content (AvgIpc) is 3.31. The Balaban J connectivity index is 4.33. The standard InChI is InChI=1S/C60H98O6/c1-4-7-10-13-16-19-22-24-25-26-27-28-29-30-31-32-33-34-35-37-38-41-44-47-50-53-59(62)65-56-57(55-64-58(61)52-49-46-43-40-21-18-15-12-9-6-3)66-60(63)54-51-48-45-42-39-36-23-20-17-14-11-8-5-2/h7-8,10-11,16-17,19-20,24-25,27-28,30-31,36,39,45,48,57H,4-6,9,12-15,18,21-23,26,29,32-35,37-38,40-44,46-47,49-56H2,1-3H3/b10-7-,11-8-,19-16-,20-17-,25-24-,28-27-,31-30-,39-36-,48-45-. The van der Waals surface area contributed by atoms with Gasteiger partial charge in [0.05, 0.1) is 0 Å². The van der Waals surface area contributed by atoms with Gasteiger partial charge < -0.3 is 14.2 Å². The molecule has 0 spiro atoms. The summed E-state index contributed by atoms with van der Waals surface area (Å²) in [4.78, 5) is 37.9. The molecule has 0 N–H and O–H groups in total. The molecule has 374 valence electrons. The van der Waals surface area contributed by atoms with Crippen molar-refractivity contribution in [2.75, 3.05) is 13.2 Å². The summed E-state index contributed by atoms with van der Waals surface area (Å²) in [5.41, 5.74) is 0. The van der Waals surface area contributed by atoms with Crippen molar-refractivity contribution in [3.05, 3.63) is 109 Å². The van der Waals surface area contributed by atoms with Crippen molar-refractivity contribution in [1.82, 2.24) is 0 Å². The van der Waals surface area contributed by atoms with E-state index in [1.165, 1.54) is 83.5 Å². The van der Waals surface area contributed by atoms with Crippen LogP contribution >= 0.6 is 0 Å². The van der Waals surface area contributed by atoms with Crippen molar-refractivity contribution in [1.29, 1.82) is 0 Å². The molecule has 0 aliphatic heterocycles. The third-order valence-corrected chi connectivity index (χ3v) is 11.0. The number of carbonyl (C=O) groups is 3. The van der Waals surface area contributed by atoms with Crippen molar-refractivity contribution in [2.45, 2.75) is 239 Å². The molecule has 0 aromatic carbocycles. The fraction of sp³-hybridized carbons (Fsp3) is 0.650. The molecule has 0 radical (unpaired) electrons. The summed E-state index contributed by atoms with van der Waals surface area (Å²) in [6.45, 7) is 6.32. The maximum absolute atomic E-state index is 12.7. The molecule has 0 saturated heterocycles. The number of carbonyl (C=O) groups excluding carboxylic acids is 3. The molecular formula is C60H98O6. The van der Waals surface area contributed by atoms with Gasteiger partial charge in [0.2, 0.25) is 0 Å². The van der Waals surface area contributed by atoms with Crippen LogP contribution in [0.2, 0.25) is 0 Å². The normalized spacial score (nSPS) is 13.0. The Kier molecular flexibility index (Phi) is 50.5. The first-order valence-corrected chi connectivity index (χ1v) is 26.9. The fourth-order valence-corrected chi connectivity index (χ4v) is 7.07. The van der Waals surface area contributed by atoms with Gasteiger partial charge in [-0.05, 0) is 89.9 Å². The van der Waals surface area contributed by atoms with Crippen molar-refractivity contribution < 1.29 is 28.6 Å². The minimum absolute atomic E-state index is 0.108. The van der Waals surface area contributed by atoms with Gasteiger partial charge in [0.15, 0.2) is 6.10 Å². The molecule has 0 amide bonds. The van der Waals surface area contributed by atoms with Crippen LogP contribution in [0.3, 0.4) is 0 Å². The summed E-state index contributed by atoms with van der Waals surface area (Å²) in [5, 5.41) is 0. The van der Waals surface area contributed by atoms with Crippen LogP contribution in [0.25, 0.3) is 0 Å². The van der Waals surface area contributed by atoms with Crippen LogP contribution in [0.1, 0.15) is 233 Å². The number of allylic oxidation sites excluding steroid dienone is 18. The summed E-state index contributed by atoms with van der Waals surface area (Å²) >= 11 is 0. The first-order valence-electron chi connectivity index (χ1n) is 26.9. The van der Waals surface area contributed by atoms with E-state index in [2.05, 4.69) is 118 Å². The lowest BCUT2D eigenvalue weighted by Gasteiger charge is -2.18. The van der Waals surface area contributed by atoms with Crippen molar-refractivity contribution >= 4 is 17.9 Å². The minimum Gasteiger partial charge on any atom is -0.462 e. The van der Waals surface area contributed by atoms with Gasteiger partial charge in [-0.1, -0.05) is 233 Å². The van der Waals surface area contributed by atoms with Crippen LogP contribution in [0, 0.1) is 0 Å². The van der Waals surface area contributed by atoms with Gasteiger partial charge in [-0.25, -0.2) is 0 Å². The SMILES string of the molecule is CC/C=C\C/C=C\C/C=C\C/C=C\C/C=C\CCCCCCCCCCCC(=O)OCC(COC(=O)CCCCCCCCCCCC)OC(=O)CC/C=C\C/C=C\C/C=C\C/C=C\CC. The highest BCUT2D eigenvalue weighted by Gasteiger charge is 2.19. The molecule has 0 aromatic rings. The lowest BCUT2D eigenvalue weighted by Crippen LogP contribution is -2.30. The zero-order valence-electron chi connectivity index (χ0n) is 42.7. The lowest BCUT2D eigenvalue weighted by atomic mass is 10.1. The van der Waals surface area contributed by atoms with Crippen LogP contribution in [-0.2, 0) is 28.6 Å². The molecule has 0 aliphatic carbocycles. The molecule has 66 heavy (non-hydrogen) atoms. The van der Waals surface area contributed by atoms with Crippen LogP contribution in [0.4, 0.5) is 0 Å². The molecule has 0 rings (SSSR count). The highest BCUT2D eigenvalue weighted by molar-refractivity contribution is 5.71. The molecule has 0 aromatic heterocycles. The Labute approximate surface area is 406 Å². The summed E-state index contributed by atoms with van der Waals surface area (Å²) in [6, 6.07) is 0. The van der Waals surface area contributed by atoms with E-state index in [0.717, 1.165) is 103 Å². The first-order chi connectivity index (χ1) is 32.5. The van der Waals surface area contributed by atoms with Gasteiger partial charge in [-0.2, -0.15) is 0 Å². The van der Waals surface area contributed by atoms with E-state index in [9.17, 15) is 14.4 Å². The molecular weight excluding hydrogens is 817 g/mol. The van der Waals surface area contributed by atoms with Crippen molar-refractivity contribution in [3.63, 3.8) is 0 Å². The number of unbranched alkanes of at least 4 members (excludes halogenated alkanes) is 18. The van der Waals surface area contributed by atoms with E-state index in [0.29, 0.717) is 19.3 Å². The molecule has 0 bridgehead atoms. The second-order valence-corrected chi connectivity index (χ2v) is 17.4. The van der Waals surface area contributed by atoms with Crippen LogP contribution < -0.4 is 0 Å². The van der Waals surface area contributed by atoms with Crippen molar-refractivity contribution in [3.8, 4) is 0 Å². The van der Waals surface area contributed by atoms with Gasteiger partial charge in [0.25, 0.3) is 0 Å². The third-order valence-electron chi connectivity index (χ3n) is 11.0. The second kappa shape index (κ2) is 53.7. The van der Waals surface area contributed by atoms with E-state index >= 15 is 0 Å². The predicted octanol–water partition coefficient (Wildman–Crippen LogP) is 17.9. The van der Waals surface area contributed by atoms with Crippen molar-refractivity contribution in [2.24, 2.45) is 0 Å². The zero-order chi connectivity index (χ0) is 47.9. The molecule has 0 fully saturated rings. The number of esters is 3. The summed E-state index contributed by atoms with van der Waals surface area (Å²) < 4.78 is 16.7. The Morgan fingerprint density at radius 2 is 0.621 bits per heavy atom. The Hall–Kier alpha value is -3.93. The van der Waals surface area contributed by atoms with E-state index in [1.807, 2.05) is 12.2 Å². The van der Waals surface area contributed by atoms with E-state index in [-0.39, 0.29) is 31.6 Å². The van der Waals surface area contributed by atoms with Gasteiger partial charge >= 0.3 is 17.9 Å². The first kappa shape index (κ1) is 62.1. The molecule has 0 heterocycles. The smallest absolute Gasteiger partial charge is 0.306 e. The van der Waals surface area contributed by atoms with Crippen LogP contribution in [0.15, 0.2) is 109 Å². The Morgan fingerprint density at radius 3 is 0.985 bits per heavy atom. The molecule has 1 unspecified atom stereocenters. The largest absolute Gasteiger partial charge is 0.462 e. The number of hydrogen-bond acceptors (Lipinski definition) is 6. The maximum atomic E-state index is 12.7. The average molecular weight is 915 g/mol. The fourth-order valence-electron chi connectivity index (χ4n) is 7.07. The van der Waals surface area contributed by atoms with Gasteiger partial charge in [-0.15, -0.1) is 0 Å². The molecule has 0 aliphatic rings. The molecule has 1 atom stereocenters. The molecule has 0 saturated carbocycles. The number of hydrogen-bond donors (Lipinski definition) is 0. The van der Waals surface area contributed by atoms with E-state index < -0.39 is 12.1 Å². The zero-order valence-corrected chi connectivity index (χ0v) is 42.7. The summed E-state index contributed by atoms with van der Waals surface area (Å²) in [5.74, 6) is -1.00. The molecule has 6 heteroatoms. The summed E-state index contributed by atoms with van der Waals surface area (Å²) in [6.07, 6.45) is 72.4. The monoisotopic (exact) mass is 915 g/mol. The quantitative estimate of drug-likeness (QED) is 0.0262. The predicted molar refractivity (Wildman–Crippen MR) is 283 cm³/mol. The van der Waals surface area contributed by atoms with Gasteiger partial charge in [0.1, 0.15) is 13.2 Å². The highest BCUT2D eigenvalue weighted by Crippen LogP contribution is 2.14. The van der Waals surface area contributed by atoms with Crippen LogP contribution in [0.5, 0.6) is 0 Å². The minimum atomic E-state index is -0.817. The molecule has 6 nitrogen and oxygen atoms in total. The Bertz CT molecular complexity index is 1370. The lowest BCUT2D eigenvalue weighted by molar-refractivity contribution is -0.166. The number of ether oxygens (including phenoxy) is 3. The third kappa shape index (κ3) is 51.1. The van der Waals surface area contributed by atoms with E-state index in [1.54, 1.807) is 0 Å². The maximum Gasteiger partial charge on any atom is 0.306 e. The number of rotatable bonds is 47.